The molecule has 1 aromatic heterocycles. The molecule has 5 heteroatoms. The van der Waals surface area contributed by atoms with E-state index in [-0.39, 0.29) is 5.78 Å². The number of Topliss-reactive ketones (excluding diaryl/α,β-unsaturated/α-hetero) is 1. The molecule has 0 saturated heterocycles. The first-order valence-corrected chi connectivity index (χ1v) is 10.6. The lowest BCUT2D eigenvalue weighted by molar-refractivity contribution is -0.118. The Morgan fingerprint density at radius 1 is 0.833 bits per heavy atom. The first-order chi connectivity index (χ1) is 14.8. The molecule has 1 N–H and O–H groups in total. The minimum Gasteiger partial charge on any atom is -0.334 e. The topological polar surface area (TPSA) is 54.4 Å². The molecule has 1 atom stereocenters. The number of aromatic nitrogens is 1. The molecule has 0 amide bonds. The van der Waals surface area contributed by atoms with Crippen LogP contribution in [0.25, 0.3) is 10.4 Å². The Labute approximate surface area is 179 Å². The Kier molecular flexibility index (Phi) is 4.95. The smallest absolute Gasteiger partial charge is 0.185 e. The highest BCUT2D eigenvalue weighted by atomic mass is 32.1. The number of aliphatic imine (C=N–C) groups is 1. The zero-order chi connectivity index (χ0) is 20.3. The van der Waals surface area contributed by atoms with Crippen molar-refractivity contribution in [1.82, 2.24) is 4.98 Å². The third-order valence-electron chi connectivity index (χ3n) is 5.07. The van der Waals surface area contributed by atoms with Gasteiger partial charge in [-0.1, -0.05) is 96.3 Å². The van der Waals surface area contributed by atoms with Crippen molar-refractivity contribution in [2.45, 2.75) is 12.6 Å². The minimum absolute atomic E-state index is 0.0323. The zero-order valence-corrected chi connectivity index (χ0v) is 17.0. The van der Waals surface area contributed by atoms with E-state index < -0.39 is 6.17 Å². The molecular formula is C25H19N3OS. The molecule has 146 valence electrons. The number of anilines is 1. The second-order valence-corrected chi connectivity index (χ2v) is 8.12. The summed E-state index contributed by atoms with van der Waals surface area (Å²) in [5, 5.41) is 3.95. The van der Waals surface area contributed by atoms with Gasteiger partial charge < -0.3 is 5.32 Å². The van der Waals surface area contributed by atoms with Crippen molar-refractivity contribution < 1.29 is 4.79 Å². The molecule has 0 fully saturated rings. The lowest BCUT2D eigenvalue weighted by Gasteiger charge is -2.12. The molecule has 4 aromatic rings. The number of ketones is 1. The summed E-state index contributed by atoms with van der Waals surface area (Å²) in [4.78, 5) is 23.4. The Morgan fingerprint density at radius 2 is 1.50 bits per heavy atom. The second kappa shape index (κ2) is 8.05. The molecule has 4 nitrogen and oxygen atoms in total. The summed E-state index contributed by atoms with van der Waals surface area (Å²) in [6.07, 6.45) is 1.49. The lowest BCUT2D eigenvalue weighted by atomic mass is 9.96. The normalized spacial score (nSPS) is 15.8. The van der Waals surface area contributed by atoms with Crippen LogP contribution >= 0.6 is 11.3 Å². The van der Waals surface area contributed by atoms with Gasteiger partial charge in [0.15, 0.2) is 17.1 Å². The summed E-state index contributed by atoms with van der Waals surface area (Å²) in [7, 11) is 0. The standard InChI is InChI=1S/C25H19N3OS/c29-21-15-19-13-7-8-14-20(19)23(18-11-5-2-6-12-18)27-24(21)28-25-26-16-22(30-25)17-9-3-1-4-10-17/h1-14,16,24H,15H2,(H,26,28). The third-order valence-corrected chi connectivity index (χ3v) is 6.05. The molecule has 30 heavy (non-hydrogen) atoms. The van der Waals surface area contributed by atoms with Gasteiger partial charge in [0.25, 0.3) is 0 Å². The van der Waals surface area contributed by atoms with Crippen LogP contribution in [-0.4, -0.2) is 22.6 Å². The summed E-state index contributed by atoms with van der Waals surface area (Å²) in [6.45, 7) is 0. The van der Waals surface area contributed by atoms with Crippen molar-refractivity contribution in [1.29, 1.82) is 0 Å². The molecule has 1 aliphatic rings. The zero-order valence-electron chi connectivity index (χ0n) is 16.2. The molecule has 0 saturated carbocycles. The van der Waals surface area contributed by atoms with Crippen molar-refractivity contribution in [2.75, 3.05) is 5.32 Å². The van der Waals surface area contributed by atoms with Gasteiger partial charge in [-0.25, -0.2) is 4.98 Å². The van der Waals surface area contributed by atoms with E-state index in [0.29, 0.717) is 11.6 Å². The number of thiazole rings is 1. The summed E-state index contributed by atoms with van der Waals surface area (Å²) >= 11 is 1.53. The van der Waals surface area contributed by atoms with Gasteiger partial charge in [0.2, 0.25) is 0 Å². The van der Waals surface area contributed by atoms with E-state index in [1.807, 2.05) is 79.0 Å². The SMILES string of the molecule is O=C1Cc2ccccc2C(c2ccccc2)=NC1Nc1ncc(-c2ccccc2)s1. The number of hydrogen-bond acceptors (Lipinski definition) is 5. The van der Waals surface area contributed by atoms with Crippen LogP contribution in [0.2, 0.25) is 0 Å². The molecular weight excluding hydrogens is 390 g/mol. The van der Waals surface area contributed by atoms with Crippen molar-refractivity contribution in [3.05, 3.63) is 108 Å². The summed E-state index contributed by atoms with van der Waals surface area (Å²) in [6, 6.07) is 28.1. The number of fused-ring (bicyclic) bond motifs is 1. The van der Waals surface area contributed by atoms with Crippen LogP contribution < -0.4 is 5.32 Å². The minimum atomic E-state index is -0.678. The van der Waals surface area contributed by atoms with Crippen molar-refractivity contribution in [3.63, 3.8) is 0 Å². The number of nitrogens with one attached hydrogen (secondary N) is 1. The second-order valence-electron chi connectivity index (χ2n) is 7.09. The maximum Gasteiger partial charge on any atom is 0.185 e. The van der Waals surface area contributed by atoms with E-state index in [9.17, 15) is 4.79 Å². The van der Waals surface area contributed by atoms with Gasteiger partial charge in [-0.05, 0) is 11.1 Å². The highest BCUT2D eigenvalue weighted by Crippen LogP contribution is 2.30. The summed E-state index contributed by atoms with van der Waals surface area (Å²) in [5.41, 5.74) is 4.94. The maximum absolute atomic E-state index is 13.0. The van der Waals surface area contributed by atoms with Gasteiger partial charge in [0.05, 0.1) is 10.6 Å². The Bertz CT molecular complexity index is 1220. The molecule has 0 bridgehead atoms. The van der Waals surface area contributed by atoms with E-state index >= 15 is 0 Å². The summed E-state index contributed by atoms with van der Waals surface area (Å²) in [5.74, 6) is 0.0323. The van der Waals surface area contributed by atoms with Crippen molar-refractivity contribution >= 4 is 28.0 Å². The maximum atomic E-state index is 13.0. The Morgan fingerprint density at radius 3 is 2.27 bits per heavy atom. The highest BCUT2D eigenvalue weighted by Gasteiger charge is 2.26. The van der Waals surface area contributed by atoms with E-state index in [4.69, 9.17) is 4.99 Å². The summed E-state index contributed by atoms with van der Waals surface area (Å²) < 4.78 is 0. The van der Waals surface area contributed by atoms with Crippen LogP contribution in [0.4, 0.5) is 5.13 Å². The van der Waals surface area contributed by atoms with Crippen molar-refractivity contribution in [2.24, 2.45) is 4.99 Å². The first kappa shape index (κ1) is 18.5. The van der Waals surface area contributed by atoms with Gasteiger partial charge in [-0.15, -0.1) is 0 Å². The van der Waals surface area contributed by atoms with Gasteiger partial charge in [0, 0.05) is 23.7 Å². The highest BCUT2D eigenvalue weighted by molar-refractivity contribution is 7.18. The number of carbonyl (C=O) groups is 1. The molecule has 1 unspecified atom stereocenters. The molecule has 0 radical (unpaired) electrons. The van der Waals surface area contributed by atoms with E-state index in [1.165, 1.54) is 11.3 Å². The average molecular weight is 410 g/mol. The average Bonchev–Trinajstić information content (AvgIpc) is 3.21. The van der Waals surface area contributed by atoms with Crippen LogP contribution in [0.1, 0.15) is 16.7 Å². The van der Waals surface area contributed by atoms with Crippen LogP contribution in [0, 0.1) is 0 Å². The van der Waals surface area contributed by atoms with Gasteiger partial charge in [0.1, 0.15) is 0 Å². The van der Waals surface area contributed by atoms with Crippen LogP contribution in [0.15, 0.2) is 96.1 Å². The van der Waals surface area contributed by atoms with Gasteiger partial charge in [-0.2, -0.15) is 0 Å². The van der Waals surface area contributed by atoms with E-state index in [2.05, 4.69) is 22.4 Å². The molecule has 0 aliphatic carbocycles. The molecule has 2 heterocycles. The van der Waals surface area contributed by atoms with Crippen LogP contribution in [-0.2, 0) is 11.2 Å². The third kappa shape index (κ3) is 3.67. The van der Waals surface area contributed by atoms with E-state index in [1.54, 1.807) is 0 Å². The predicted molar refractivity (Wildman–Crippen MR) is 122 cm³/mol. The number of carbonyl (C=O) groups excluding carboxylic acids is 1. The fourth-order valence-electron chi connectivity index (χ4n) is 3.59. The Balaban J connectivity index is 1.51. The van der Waals surface area contributed by atoms with Gasteiger partial charge in [-0.3, -0.25) is 9.79 Å². The number of rotatable bonds is 4. The predicted octanol–water partition coefficient (Wildman–Crippen LogP) is 5.21. The molecule has 0 spiro atoms. The largest absolute Gasteiger partial charge is 0.334 e. The monoisotopic (exact) mass is 409 g/mol. The molecule has 3 aromatic carbocycles. The van der Waals surface area contributed by atoms with E-state index in [0.717, 1.165) is 32.8 Å². The number of nitrogens with zero attached hydrogens (tertiary/aromatic N) is 2. The van der Waals surface area contributed by atoms with Gasteiger partial charge >= 0.3 is 0 Å². The van der Waals surface area contributed by atoms with Crippen LogP contribution in [0.3, 0.4) is 0 Å². The van der Waals surface area contributed by atoms with Crippen molar-refractivity contribution in [3.8, 4) is 10.4 Å². The fourth-order valence-corrected chi connectivity index (χ4v) is 4.44. The fraction of sp³-hybridized carbons (Fsp3) is 0.0800. The lowest BCUT2D eigenvalue weighted by Crippen LogP contribution is -2.28. The quantitative estimate of drug-likeness (QED) is 0.503. The Hall–Kier alpha value is -3.57. The van der Waals surface area contributed by atoms with Crippen LogP contribution in [0.5, 0.6) is 0 Å². The molecule has 1 aliphatic heterocycles. The first-order valence-electron chi connectivity index (χ1n) is 9.80. The number of benzene rings is 3. The number of hydrogen-bond donors (Lipinski definition) is 1. The molecule has 5 rings (SSSR count).